The zero-order chi connectivity index (χ0) is 13.0. The topological polar surface area (TPSA) is 66.9 Å². The summed E-state index contributed by atoms with van der Waals surface area (Å²) in [6.45, 7) is 4.03. The van der Waals surface area contributed by atoms with Gasteiger partial charge in [-0.15, -0.1) is 0 Å². The van der Waals surface area contributed by atoms with Crippen LogP contribution >= 0.6 is 11.8 Å². The second-order valence-corrected chi connectivity index (χ2v) is 5.78. The lowest BCUT2D eigenvalue weighted by Gasteiger charge is -2.11. The number of carbonyl (C=O) groups is 1. The maximum atomic E-state index is 11.9. The largest absolute Gasteiger partial charge is 0.352 e. The molecule has 1 aromatic rings. The second-order valence-electron chi connectivity index (χ2n) is 4.63. The summed E-state index contributed by atoms with van der Waals surface area (Å²) in [5.74, 6) is 2.59. The van der Waals surface area contributed by atoms with Gasteiger partial charge in [0, 0.05) is 30.2 Å². The zero-order valence-electron chi connectivity index (χ0n) is 10.6. The number of rotatable bonds is 4. The lowest BCUT2D eigenvalue weighted by atomic mass is 10.2. The molecule has 1 aliphatic heterocycles. The van der Waals surface area contributed by atoms with Gasteiger partial charge in [0.05, 0.1) is 5.56 Å². The Morgan fingerprint density at radius 1 is 1.44 bits per heavy atom. The van der Waals surface area contributed by atoms with Crippen molar-refractivity contribution in [1.29, 1.82) is 0 Å². The molecule has 1 saturated heterocycles. The van der Waals surface area contributed by atoms with Crippen molar-refractivity contribution < 1.29 is 4.79 Å². The highest BCUT2D eigenvalue weighted by molar-refractivity contribution is 7.99. The molecule has 2 N–H and O–H groups in total. The summed E-state index contributed by atoms with van der Waals surface area (Å²) >= 11 is 1.87. The zero-order valence-corrected chi connectivity index (χ0v) is 11.5. The van der Waals surface area contributed by atoms with E-state index in [-0.39, 0.29) is 18.0 Å². The molecule has 1 aromatic heterocycles. The fourth-order valence-electron chi connectivity index (χ4n) is 1.70. The van der Waals surface area contributed by atoms with E-state index in [2.05, 4.69) is 20.6 Å². The van der Waals surface area contributed by atoms with Crippen LogP contribution in [0.5, 0.6) is 0 Å². The average molecular weight is 266 g/mol. The molecule has 0 bridgehead atoms. The van der Waals surface area contributed by atoms with Gasteiger partial charge in [0.1, 0.15) is 0 Å². The summed E-state index contributed by atoms with van der Waals surface area (Å²) < 4.78 is 0. The van der Waals surface area contributed by atoms with Gasteiger partial charge in [0.25, 0.3) is 5.91 Å². The second kappa shape index (κ2) is 6.04. The molecule has 1 fully saturated rings. The maximum Gasteiger partial charge on any atom is 0.254 e. The first-order chi connectivity index (χ1) is 8.65. The number of thioether (sulfide) groups is 1. The number of anilines is 1. The molecule has 0 radical (unpaired) electrons. The predicted octanol–water partition coefficient (Wildman–Crippen LogP) is 1.53. The van der Waals surface area contributed by atoms with Crippen LogP contribution in [0, 0.1) is 0 Å². The van der Waals surface area contributed by atoms with E-state index in [4.69, 9.17) is 0 Å². The average Bonchev–Trinajstić information content (AvgIpc) is 2.82. The Labute approximate surface area is 111 Å². The number of aromatic nitrogens is 2. The molecule has 1 aliphatic rings. The summed E-state index contributed by atoms with van der Waals surface area (Å²) in [6, 6.07) is 0.566. The molecule has 0 aliphatic carbocycles. The summed E-state index contributed by atoms with van der Waals surface area (Å²) in [5, 5.41) is 6.08. The van der Waals surface area contributed by atoms with Crippen LogP contribution in [0.2, 0.25) is 0 Å². The molecule has 18 heavy (non-hydrogen) atoms. The third-order valence-corrected chi connectivity index (χ3v) is 3.76. The Bertz CT molecular complexity index is 401. The van der Waals surface area contributed by atoms with Crippen LogP contribution in [-0.4, -0.2) is 39.5 Å². The van der Waals surface area contributed by atoms with Crippen LogP contribution in [0.15, 0.2) is 12.4 Å². The van der Waals surface area contributed by atoms with Crippen LogP contribution in [0.25, 0.3) is 0 Å². The van der Waals surface area contributed by atoms with Crippen LogP contribution in [0.4, 0.5) is 5.95 Å². The highest BCUT2D eigenvalue weighted by Gasteiger charge is 2.18. The van der Waals surface area contributed by atoms with Gasteiger partial charge in [-0.2, -0.15) is 11.8 Å². The SMILES string of the molecule is CC(C)Nc1ncc(C(=O)N[C@@H]2CCSC2)cn1. The van der Waals surface area contributed by atoms with Gasteiger partial charge in [0.2, 0.25) is 5.95 Å². The standard InChI is InChI=1S/C12H18N4OS/c1-8(2)15-12-13-5-9(6-14-12)11(17)16-10-3-4-18-7-10/h5-6,8,10H,3-4,7H2,1-2H3,(H,16,17)(H,13,14,15)/t10-/m1/s1. The fraction of sp³-hybridized carbons (Fsp3) is 0.583. The number of nitrogens with zero attached hydrogens (tertiary/aromatic N) is 2. The lowest BCUT2D eigenvalue weighted by molar-refractivity contribution is 0.0940. The molecular formula is C12H18N4OS. The van der Waals surface area contributed by atoms with Gasteiger partial charge in [0.15, 0.2) is 0 Å². The molecule has 98 valence electrons. The van der Waals surface area contributed by atoms with Crippen molar-refractivity contribution >= 4 is 23.6 Å². The van der Waals surface area contributed by atoms with Gasteiger partial charge >= 0.3 is 0 Å². The normalized spacial score (nSPS) is 18.9. The van der Waals surface area contributed by atoms with E-state index in [0.717, 1.165) is 17.9 Å². The first-order valence-electron chi connectivity index (χ1n) is 6.12. The molecular weight excluding hydrogens is 248 g/mol. The molecule has 1 atom stereocenters. The van der Waals surface area contributed by atoms with Crippen molar-refractivity contribution in [2.45, 2.75) is 32.4 Å². The molecule has 1 amide bonds. The van der Waals surface area contributed by atoms with Crippen molar-refractivity contribution in [1.82, 2.24) is 15.3 Å². The smallest absolute Gasteiger partial charge is 0.254 e. The van der Waals surface area contributed by atoms with Gasteiger partial charge in [-0.25, -0.2) is 9.97 Å². The van der Waals surface area contributed by atoms with Crippen molar-refractivity contribution in [3.05, 3.63) is 18.0 Å². The van der Waals surface area contributed by atoms with Gasteiger partial charge in [-0.05, 0) is 26.0 Å². The molecule has 5 nitrogen and oxygen atoms in total. The molecule has 2 rings (SSSR count). The molecule has 2 heterocycles. The minimum absolute atomic E-state index is 0.0846. The Balaban J connectivity index is 1.93. The summed E-state index contributed by atoms with van der Waals surface area (Å²) in [4.78, 5) is 20.2. The van der Waals surface area contributed by atoms with Crippen LogP contribution in [0.1, 0.15) is 30.6 Å². The van der Waals surface area contributed by atoms with E-state index in [1.54, 1.807) is 12.4 Å². The van der Waals surface area contributed by atoms with Gasteiger partial charge in [-0.1, -0.05) is 0 Å². The van der Waals surface area contributed by atoms with Gasteiger partial charge in [-0.3, -0.25) is 4.79 Å². The quantitative estimate of drug-likeness (QED) is 0.865. The Hall–Kier alpha value is -1.30. The minimum atomic E-state index is -0.0846. The Kier molecular flexibility index (Phi) is 4.41. The lowest BCUT2D eigenvalue weighted by Crippen LogP contribution is -2.34. The maximum absolute atomic E-state index is 11.9. The first-order valence-corrected chi connectivity index (χ1v) is 7.28. The number of carbonyl (C=O) groups excluding carboxylic acids is 1. The number of hydrogen-bond donors (Lipinski definition) is 2. The fourth-order valence-corrected chi connectivity index (χ4v) is 2.85. The highest BCUT2D eigenvalue weighted by Crippen LogP contribution is 2.17. The van der Waals surface area contributed by atoms with Gasteiger partial charge < -0.3 is 10.6 Å². The third kappa shape index (κ3) is 3.60. The van der Waals surface area contributed by atoms with E-state index in [0.29, 0.717) is 11.5 Å². The van der Waals surface area contributed by atoms with Crippen LogP contribution in [0.3, 0.4) is 0 Å². The van der Waals surface area contributed by atoms with Crippen LogP contribution < -0.4 is 10.6 Å². The molecule has 0 spiro atoms. The van der Waals surface area contributed by atoms with E-state index < -0.39 is 0 Å². The third-order valence-electron chi connectivity index (χ3n) is 2.60. The van der Waals surface area contributed by atoms with E-state index in [9.17, 15) is 4.79 Å². The Morgan fingerprint density at radius 3 is 2.72 bits per heavy atom. The summed E-state index contributed by atoms with van der Waals surface area (Å²) in [7, 11) is 0. The predicted molar refractivity (Wildman–Crippen MR) is 74.0 cm³/mol. The van der Waals surface area contributed by atoms with Crippen molar-refractivity contribution in [3.63, 3.8) is 0 Å². The Morgan fingerprint density at radius 2 is 2.17 bits per heavy atom. The van der Waals surface area contributed by atoms with E-state index in [1.807, 2.05) is 25.6 Å². The monoisotopic (exact) mass is 266 g/mol. The minimum Gasteiger partial charge on any atom is -0.352 e. The van der Waals surface area contributed by atoms with Crippen molar-refractivity contribution in [2.75, 3.05) is 16.8 Å². The number of nitrogens with one attached hydrogen (secondary N) is 2. The number of amides is 1. The molecule has 0 unspecified atom stereocenters. The highest BCUT2D eigenvalue weighted by atomic mass is 32.2. The first kappa shape index (κ1) is 13.1. The molecule has 6 heteroatoms. The van der Waals surface area contributed by atoms with Crippen molar-refractivity contribution in [3.8, 4) is 0 Å². The molecule has 0 aromatic carbocycles. The number of hydrogen-bond acceptors (Lipinski definition) is 5. The van der Waals surface area contributed by atoms with Crippen LogP contribution in [-0.2, 0) is 0 Å². The van der Waals surface area contributed by atoms with E-state index >= 15 is 0 Å². The van der Waals surface area contributed by atoms with Crippen molar-refractivity contribution in [2.24, 2.45) is 0 Å². The van der Waals surface area contributed by atoms with E-state index in [1.165, 1.54) is 0 Å². The summed E-state index contributed by atoms with van der Waals surface area (Å²) in [6.07, 6.45) is 4.18. The summed E-state index contributed by atoms with van der Waals surface area (Å²) in [5.41, 5.74) is 0.515. The molecule has 0 saturated carbocycles.